The standard InChI is InChI=1S/C17H16Cl2N2O3/c18-11-1-4-16(13(19)5-11)24-12-2-3-14-15(6-12)21(10-20-14)7-17(22)8-23-9-17/h1-6,20,22H,7-10H2. The zero-order chi connectivity index (χ0) is 16.7. The summed E-state index contributed by atoms with van der Waals surface area (Å²) in [6, 6.07) is 10.9. The van der Waals surface area contributed by atoms with Crippen molar-refractivity contribution in [2.45, 2.75) is 5.60 Å². The van der Waals surface area contributed by atoms with Crippen molar-refractivity contribution in [3.05, 3.63) is 46.4 Å². The Kier molecular flexibility index (Phi) is 3.96. The molecule has 5 nitrogen and oxygen atoms in total. The van der Waals surface area contributed by atoms with Gasteiger partial charge in [-0.3, -0.25) is 0 Å². The van der Waals surface area contributed by atoms with Crippen molar-refractivity contribution in [1.29, 1.82) is 0 Å². The summed E-state index contributed by atoms with van der Waals surface area (Å²) in [5.74, 6) is 1.22. The third kappa shape index (κ3) is 3.00. The van der Waals surface area contributed by atoms with Crippen LogP contribution in [0.2, 0.25) is 10.0 Å². The average molecular weight is 367 g/mol. The number of halogens is 2. The smallest absolute Gasteiger partial charge is 0.146 e. The number of hydrogen-bond donors (Lipinski definition) is 2. The maximum absolute atomic E-state index is 10.3. The SMILES string of the molecule is OC1(CN2CNc3ccc(Oc4ccc(Cl)cc4Cl)cc32)COC1. The molecule has 1 fully saturated rings. The Morgan fingerprint density at radius 1 is 1.21 bits per heavy atom. The number of ether oxygens (including phenoxy) is 2. The Bertz CT molecular complexity index is 780. The first-order chi connectivity index (χ1) is 11.5. The highest BCUT2D eigenvalue weighted by molar-refractivity contribution is 6.35. The van der Waals surface area contributed by atoms with Crippen molar-refractivity contribution in [2.24, 2.45) is 0 Å². The maximum atomic E-state index is 10.3. The minimum atomic E-state index is -0.778. The van der Waals surface area contributed by atoms with E-state index in [2.05, 4.69) is 10.2 Å². The number of rotatable bonds is 4. The van der Waals surface area contributed by atoms with Gasteiger partial charge in [0.15, 0.2) is 0 Å². The van der Waals surface area contributed by atoms with E-state index in [1.807, 2.05) is 18.2 Å². The van der Waals surface area contributed by atoms with Crippen LogP contribution >= 0.6 is 23.2 Å². The number of nitrogens with zero attached hydrogens (tertiary/aromatic N) is 1. The predicted octanol–water partition coefficient (Wildman–Crippen LogP) is 3.74. The molecule has 2 aromatic carbocycles. The van der Waals surface area contributed by atoms with E-state index in [0.29, 0.717) is 48.0 Å². The Hall–Kier alpha value is -1.66. The molecule has 7 heteroatoms. The summed E-state index contributed by atoms with van der Waals surface area (Å²) in [7, 11) is 0. The van der Waals surface area contributed by atoms with Crippen molar-refractivity contribution in [2.75, 3.05) is 36.6 Å². The van der Waals surface area contributed by atoms with Crippen molar-refractivity contribution in [1.82, 2.24) is 0 Å². The van der Waals surface area contributed by atoms with E-state index < -0.39 is 5.60 Å². The summed E-state index contributed by atoms with van der Waals surface area (Å²) in [6.07, 6.45) is 0. The molecule has 0 unspecified atom stereocenters. The van der Waals surface area contributed by atoms with Crippen LogP contribution in [-0.2, 0) is 4.74 Å². The van der Waals surface area contributed by atoms with Crippen molar-refractivity contribution in [3.8, 4) is 11.5 Å². The molecule has 24 heavy (non-hydrogen) atoms. The van der Waals surface area contributed by atoms with Crippen molar-refractivity contribution < 1.29 is 14.6 Å². The van der Waals surface area contributed by atoms with Crippen LogP contribution in [-0.4, -0.2) is 37.1 Å². The van der Waals surface area contributed by atoms with Gasteiger partial charge in [0.25, 0.3) is 0 Å². The maximum Gasteiger partial charge on any atom is 0.146 e. The second-order valence-electron chi connectivity index (χ2n) is 6.11. The van der Waals surface area contributed by atoms with E-state index in [0.717, 1.165) is 11.4 Å². The summed E-state index contributed by atoms with van der Waals surface area (Å²) in [6.45, 7) is 1.89. The fourth-order valence-corrected chi connectivity index (χ4v) is 3.31. The summed E-state index contributed by atoms with van der Waals surface area (Å²) >= 11 is 12.1. The van der Waals surface area contributed by atoms with Crippen LogP contribution in [0.5, 0.6) is 11.5 Å². The summed E-state index contributed by atoms with van der Waals surface area (Å²) in [5, 5.41) is 14.6. The van der Waals surface area contributed by atoms with Gasteiger partial charge in [-0.15, -0.1) is 0 Å². The zero-order valence-electron chi connectivity index (χ0n) is 12.8. The Balaban J connectivity index is 1.56. The number of benzene rings is 2. The number of fused-ring (bicyclic) bond motifs is 1. The molecule has 0 bridgehead atoms. The first kappa shape index (κ1) is 15.8. The summed E-state index contributed by atoms with van der Waals surface area (Å²) in [5.41, 5.74) is 1.21. The van der Waals surface area contributed by atoms with Crippen LogP contribution in [0.3, 0.4) is 0 Å². The minimum absolute atomic E-state index is 0.370. The summed E-state index contributed by atoms with van der Waals surface area (Å²) < 4.78 is 11.0. The van der Waals surface area contributed by atoms with Crippen LogP contribution < -0.4 is 15.0 Å². The van der Waals surface area contributed by atoms with Gasteiger partial charge < -0.3 is 24.8 Å². The van der Waals surface area contributed by atoms with Crippen molar-refractivity contribution in [3.63, 3.8) is 0 Å². The molecule has 0 aromatic heterocycles. The highest BCUT2D eigenvalue weighted by Crippen LogP contribution is 2.39. The van der Waals surface area contributed by atoms with Gasteiger partial charge in [0.05, 0.1) is 42.8 Å². The Morgan fingerprint density at radius 2 is 2.04 bits per heavy atom. The molecule has 0 atom stereocenters. The number of β-amino-alcohol motifs (C(OH)–C–C–N with tert-alkyl or cyclic N) is 1. The van der Waals surface area contributed by atoms with E-state index in [9.17, 15) is 5.11 Å². The molecular formula is C17H16Cl2N2O3. The van der Waals surface area contributed by atoms with Crippen LogP contribution in [0.1, 0.15) is 0 Å². The lowest BCUT2D eigenvalue weighted by atomic mass is 10.0. The van der Waals surface area contributed by atoms with Crippen molar-refractivity contribution >= 4 is 34.6 Å². The molecule has 0 aliphatic carbocycles. The molecule has 2 aromatic rings. The molecule has 4 rings (SSSR count). The lowest BCUT2D eigenvalue weighted by molar-refractivity contribution is -0.171. The quantitative estimate of drug-likeness (QED) is 0.863. The molecule has 0 spiro atoms. The van der Waals surface area contributed by atoms with Crippen LogP contribution in [0.15, 0.2) is 36.4 Å². The molecule has 2 aliphatic rings. The Morgan fingerprint density at radius 3 is 2.75 bits per heavy atom. The van der Waals surface area contributed by atoms with Gasteiger partial charge in [-0.25, -0.2) is 0 Å². The molecule has 2 N–H and O–H groups in total. The zero-order valence-corrected chi connectivity index (χ0v) is 14.3. The fraction of sp³-hybridized carbons (Fsp3) is 0.294. The van der Waals surface area contributed by atoms with E-state index in [1.54, 1.807) is 18.2 Å². The number of hydrogen-bond acceptors (Lipinski definition) is 5. The van der Waals surface area contributed by atoms with Gasteiger partial charge in [0, 0.05) is 11.1 Å². The molecule has 0 amide bonds. The monoisotopic (exact) mass is 366 g/mol. The van der Waals surface area contributed by atoms with E-state index in [-0.39, 0.29) is 0 Å². The number of nitrogens with one attached hydrogen (secondary N) is 1. The number of anilines is 2. The van der Waals surface area contributed by atoms with Gasteiger partial charge in [0.1, 0.15) is 17.1 Å². The first-order valence-corrected chi connectivity index (χ1v) is 8.34. The molecule has 0 saturated carbocycles. The molecular weight excluding hydrogens is 351 g/mol. The molecule has 0 radical (unpaired) electrons. The highest BCUT2D eigenvalue weighted by Gasteiger charge is 2.39. The highest BCUT2D eigenvalue weighted by atomic mass is 35.5. The van der Waals surface area contributed by atoms with Gasteiger partial charge in [-0.2, -0.15) is 0 Å². The second-order valence-corrected chi connectivity index (χ2v) is 6.95. The van der Waals surface area contributed by atoms with Crippen LogP contribution in [0.4, 0.5) is 11.4 Å². The number of aliphatic hydroxyl groups is 1. The van der Waals surface area contributed by atoms with Gasteiger partial charge in [0.2, 0.25) is 0 Å². The summed E-state index contributed by atoms with van der Waals surface area (Å²) in [4.78, 5) is 2.08. The average Bonchev–Trinajstić information content (AvgIpc) is 2.91. The van der Waals surface area contributed by atoms with Crippen LogP contribution in [0, 0.1) is 0 Å². The lowest BCUT2D eigenvalue weighted by Crippen LogP contribution is -2.57. The van der Waals surface area contributed by atoms with Crippen LogP contribution in [0.25, 0.3) is 0 Å². The lowest BCUT2D eigenvalue weighted by Gasteiger charge is -2.39. The predicted molar refractivity (Wildman–Crippen MR) is 94.6 cm³/mol. The second kappa shape index (κ2) is 6.01. The third-order valence-corrected chi connectivity index (χ3v) is 4.65. The molecule has 2 heterocycles. The molecule has 2 aliphatic heterocycles. The van der Waals surface area contributed by atoms with Gasteiger partial charge in [-0.1, -0.05) is 23.2 Å². The topological polar surface area (TPSA) is 54.0 Å². The van der Waals surface area contributed by atoms with E-state index in [1.165, 1.54) is 0 Å². The van der Waals surface area contributed by atoms with E-state index in [4.69, 9.17) is 32.7 Å². The first-order valence-electron chi connectivity index (χ1n) is 7.58. The fourth-order valence-electron chi connectivity index (χ4n) is 2.86. The minimum Gasteiger partial charge on any atom is -0.456 e. The largest absolute Gasteiger partial charge is 0.456 e. The Labute approximate surface area is 149 Å². The molecule has 126 valence electrons. The third-order valence-electron chi connectivity index (χ3n) is 4.12. The van der Waals surface area contributed by atoms with Gasteiger partial charge in [-0.05, 0) is 30.3 Å². The molecule has 1 saturated heterocycles. The van der Waals surface area contributed by atoms with Gasteiger partial charge >= 0.3 is 0 Å². The van der Waals surface area contributed by atoms with E-state index >= 15 is 0 Å². The normalized spacial score (nSPS) is 17.9.